The van der Waals surface area contributed by atoms with Crippen molar-refractivity contribution in [3.8, 4) is 0 Å². The lowest BCUT2D eigenvalue weighted by molar-refractivity contribution is 0.312. The van der Waals surface area contributed by atoms with Gasteiger partial charge in [-0.1, -0.05) is 13.3 Å². The van der Waals surface area contributed by atoms with Crippen molar-refractivity contribution in [3.05, 3.63) is 23.1 Å². The van der Waals surface area contributed by atoms with Crippen LogP contribution in [-0.2, 0) is 19.3 Å². The maximum absolute atomic E-state index is 5.10. The second-order valence-corrected chi connectivity index (χ2v) is 8.57. The normalized spacial score (nSPS) is 18.2. The average molecular weight is 368 g/mol. The van der Waals surface area contributed by atoms with Crippen molar-refractivity contribution in [2.24, 2.45) is 0 Å². The minimum Gasteiger partial charge on any atom is -0.353 e. The number of aryl methyl sites for hydroxylation is 2. The fourth-order valence-electron chi connectivity index (χ4n) is 4.45. The summed E-state index contributed by atoms with van der Waals surface area (Å²) in [4.78, 5) is 20.5. The van der Waals surface area contributed by atoms with Crippen LogP contribution in [0, 0.1) is 0 Å². The van der Waals surface area contributed by atoms with Gasteiger partial charge in [0.25, 0.3) is 0 Å². The molecule has 6 heteroatoms. The van der Waals surface area contributed by atoms with Gasteiger partial charge < -0.3 is 9.80 Å². The summed E-state index contributed by atoms with van der Waals surface area (Å²) in [7, 11) is 2.19. The standard InChI is InChI=1S/C20H25N5S/c1-3-5-15-13-6-4-7-14(13)16-17-18(26-20(16)23-15)19(22-12-21-17)25-10-8-24(2)9-11-25/h12H,3-11H2,1-2H3. The average Bonchev–Trinajstić information content (AvgIpc) is 3.26. The Bertz CT molecular complexity index is 971. The molecule has 4 heterocycles. The van der Waals surface area contributed by atoms with Crippen molar-refractivity contribution in [1.29, 1.82) is 0 Å². The molecule has 0 atom stereocenters. The highest BCUT2D eigenvalue weighted by molar-refractivity contribution is 7.26. The molecule has 0 amide bonds. The van der Waals surface area contributed by atoms with Crippen LogP contribution in [0.25, 0.3) is 20.4 Å². The number of nitrogens with zero attached hydrogens (tertiary/aromatic N) is 5. The van der Waals surface area contributed by atoms with Gasteiger partial charge in [-0.05, 0) is 43.9 Å². The molecule has 136 valence electrons. The highest BCUT2D eigenvalue weighted by Gasteiger charge is 2.25. The number of piperazine rings is 1. The smallest absolute Gasteiger partial charge is 0.150 e. The zero-order chi connectivity index (χ0) is 17.7. The molecule has 0 saturated carbocycles. The lowest BCUT2D eigenvalue weighted by atomic mass is 10.0. The van der Waals surface area contributed by atoms with E-state index < -0.39 is 0 Å². The molecule has 0 spiro atoms. The minimum atomic E-state index is 1.03. The Hall–Kier alpha value is -1.79. The summed E-state index contributed by atoms with van der Waals surface area (Å²) in [5.41, 5.74) is 5.49. The first-order chi connectivity index (χ1) is 12.8. The number of hydrogen-bond acceptors (Lipinski definition) is 6. The number of likely N-dealkylation sites (N-methyl/N-ethyl adjacent to an activating group) is 1. The predicted molar refractivity (Wildman–Crippen MR) is 108 cm³/mol. The van der Waals surface area contributed by atoms with Gasteiger partial charge in [-0.25, -0.2) is 15.0 Å². The highest BCUT2D eigenvalue weighted by atomic mass is 32.1. The summed E-state index contributed by atoms with van der Waals surface area (Å²) in [6.07, 6.45) is 7.60. The second-order valence-electron chi connectivity index (χ2n) is 7.57. The molecule has 3 aromatic heterocycles. The van der Waals surface area contributed by atoms with Crippen LogP contribution < -0.4 is 4.90 Å². The van der Waals surface area contributed by atoms with E-state index in [0.29, 0.717) is 0 Å². The predicted octanol–water partition coefficient (Wildman–Crippen LogP) is 3.43. The Morgan fingerprint density at radius 2 is 1.88 bits per heavy atom. The molecule has 0 N–H and O–H groups in total. The summed E-state index contributed by atoms with van der Waals surface area (Å²) < 4.78 is 1.22. The Kier molecular flexibility index (Phi) is 4.05. The lowest BCUT2D eigenvalue weighted by Gasteiger charge is -2.33. The van der Waals surface area contributed by atoms with Gasteiger partial charge in [-0.15, -0.1) is 11.3 Å². The van der Waals surface area contributed by atoms with Gasteiger partial charge in [-0.2, -0.15) is 0 Å². The van der Waals surface area contributed by atoms with Crippen LogP contribution in [0.15, 0.2) is 6.33 Å². The largest absolute Gasteiger partial charge is 0.353 e. The monoisotopic (exact) mass is 367 g/mol. The quantitative estimate of drug-likeness (QED) is 0.710. The summed E-state index contributed by atoms with van der Waals surface area (Å²) in [5, 5.41) is 1.31. The molecule has 1 fully saturated rings. The van der Waals surface area contributed by atoms with E-state index in [1.54, 1.807) is 17.7 Å². The topological polar surface area (TPSA) is 45.2 Å². The Labute approximate surface area is 158 Å². The Morgan fingerprint density at radius 3 is 2.69 bits per heavy atom. The second kappa shape index (κ2) is 6.43. The van der Waals surface area contributed by atoms with E-state index in [9.17, 15) is 0 Å². The number of pyridine rings is 1. The van der Waals surface area contributed by atoms with Crippen molar-refractivity contribution in [3.63, 3.8) is 0 Å². The lowest BCUT2D eigenvalue weighted by Crippen LogP contribution is -2.44. The van der Waals surface area contributed by atoms with E-state index >= 15 is 0 Å². The number of thiophene rings is 1. The van der Waals surface area contributed by atoms with Crippen LogP contribution in [0.4, 0.5) is 5.82 Å². The summed E-state index contributed by atoms with van der Waals surface area (Å²) >= 11 is 1.80. The molecule has 26 heavy (non-hydrogen) atoms. The molecule has 0 aromatic carbocycles. The molecular weight excluding hydrogens is 342 g/mol. The van der Waals surface area contributed by atoms with Crippen molar-refractivity contribution in [1.82, 2.24) is 19.9 Å². The third-order valence-corrected chi connectivity index (χ3v) is 6.90. The van der Waals surface area contributed by atoms with Crippen LogP contribution in [0.3, 0.4) is 0 Å². The number of rotatable bonds is 3. The van der Waals surface area contributed by atoms with Gasteiger partial charge in [0.05, 0.1) is 10.2 Å². The molecule has 0 unspecified atom stereocenters. The van der Waals surface area contributed by atoms with E-state index in [1.165, 1.54) is 51.0 Å². The SMILES string of the molecule is CCCc1nc2sc3c(N4CCN(C)CC4)ncnc3c2c2c1CCC2. The fraction of sp³-hybridized carbons (Fsp3) is 0.550. The summed E-state index contributed by atoms with van der Waals surface area (Å²) in [5.74, 6) is 1.11. The molecule has 0 radical (unpaired) electrons. The molecule has 3 aromatic rings. The van der Waals surface area contributed by atoms with Gasteiger partial charge in [0, 0.05) is 37.3 Å². The Balaban J connectivity index is 1.71. The van der Waals surface area contributed by atoms with E-state index in [4.69, 9.17) is 9.97 Å². The van der Waals surface area contributed by atoms with Gasteiger partial charge in [-0.3, -0.25) is 0 Å². The molecule has 5 nitrogen and oxygen atoms in total. The zero-order valence-electron chi connectivity index (χ0n) is 15.6. The van der Waals surface area contributed by atoms with Crippen LogP contribution in [0.2, 0.25) is 0 Å². The van der Waals surface area contributed by atoms with Gasteiger partial charge in [0.2, 0.25) is 0 Å². The molecule has 1 saturated heterocycles. The highest BCUT2D eigenvalue weighted by Crippen LogP contribution is 2.42. The van der Waals surface area contributed by atoms with Gasteiger partial charge >= 0.3 is 0 Å². The number of fused-ring (bicyclic) bond motifs is 5. The fourth-order valence-corrected chi connectivity index (χ4v) is 5.65. The van der Waals surface area contributed by atoms with Crippen molar-refractivity contribution < 1.29 is 0 Å². The first-order valence-corrected chi connectivity index (χ1v) is 10.6. The van der Waals surface area contributed by atoms with E-state index in [2.05, 4.69) is 28.8 Å². The number of anilines is 1. The van der Waals surface area contributed by atoms with E-state index in [1.807, 2.05) is 0 Å². The first-order valence-electron chi connectivity index (χ1n) is 9.77. The number of hydrogen-bond donors (Lipinski definition) is 0. The molecule has 5 rings (SSSR count). The van der Waals surface area contributed by atoms with Crippen molar-refractivity contribution in [2.75, 3.05) is 38.1 Å². The van der Waals surface area contributed by atoms with Gasteiger partial charge in [0.1, 0.15) is 17.0 Å². The van der Waals surface area contributed by atoms with E-state index in [-0.39, 0.29) is 0 Å². The minimum absolute atomic E-state index is 1.03. The maximum atomic E-state index is 5.10. The Morgan fingerprint density at radius 1 is 1.08 bits per heavy atom. The third kappa shape index (κ3) is 2.50. The summed E-state index contributed by atoms with van der Waals surface area (Å²) in [6.45, 7) is 6.48. The zero-order valence-corrected chi connectivity index (χ0v) is 16.4. The van der Waals surface area contributed by atoms with Crippen LogP contribution in [0.5, 0.6) is 0 Å². The maximum Gasteiger partial charge on any atom is 0.150 e. The molecular formula is C20H25N5S. The third-order valence-electron chi connectivity index (χ3n) is 5.83. The van der Waals surface area contributed by atoms with Crippen molar-refractivity contribution in [2.45, 2.75) is 39.0 Å². The molecule has 1 aliphatic carbocycles. The molecule has 2 aliphatic rings. The van der Waals surface area contributed by atoms with Gasteiger partial charge in [0.15, 0.2) is 0 Å². The van der Waals surface area contributed by atoms with E-state index in [0.717, 1.165) is 50.4 Å². The van der Waals surface area contributed by atoms with Crippen LogP contribution in [-0.4, -0.2) is 53.1 Å². The van der Waals surface area contributed by atoms with Crippen LogP contribution >= 0.6 is 11.3 Å². The number of aromatic nitrogens is 3. The molecule has 1 aliphatic heterocycles. The van der Waals surface area contributed by atoms with Crippen LogP contribution in [0.1, 0.15) is 36.6 Å². The first kappa shape index (κ1) is 16.4. The summed E-state index contributed by atoms with van der Waals surface area (Å²) in [6, 6.07) is 0. The van der Waals surface area contributed by atoms with Crippen molar-refractivity contribution >= 4 is 37.6 Å². The molecule has 0 bridgehead atoms.